The van der Waals surface area contributed by atoms with E-state index in [0.29, 0.717) is 11.1 Å². The molecule has 0 spiro atoms. The van der Waals surface area contributed by atoms with Crippen molar-refractivity contribution in [2.75, 3.05) is 6.54 Å². The van der Waals surface area contributed by atoms with Crippen LogP contribution in [0.2, 0.25) is 0 Å². The summed E-state index contributed by atoms with van der Waals surface area (Å²) < 4.78 is 5.23. The summed E-state index contributed by atoms with van der Waals surface area (Å²) in [5, 5.41) is 5.53. The van der Waals surface area contributed by atoms with E-state index in [9.17, 15) is 14.4 Å². The summed E-state index contributed by atoms with van der Waals surface area (Å²) in [6, 6.07) is 6.06. The molecule has 0 aromatic heterocycles. The molecular weight excluding hydrogens is 418 g/mol. The maximum atomic E-state index is 13.4. The monoisotopic (exact) mass is 457 g/mol. The van der Waals surface area contributed by atoms with Crippen LogP contribution >= 0.6 is 0 Å². The second-order valence-corrected chi connectivity index (χ2v) is 10.2. The number of amides is 3. The van der Waals surface area contributed by atoms with E-state index in [1.165, 1.54) is 4.90 Å². The minimum Gasteiger partial charge on any atom is -0.444 e. The number of carbonyl (C=O) groups is 3. The van der Waals surface area contributed by atoms with Gasteiger partial charge in [0.15, 0.2) is 0 Å². The molecule has 3 amide bonds. The van der Waals surface area contributed by atoms with Crippen LogP contribution < -0.4 is 10.6 Å². The highest BCUT2D eigenvalue weighted by atomic mass is 16.6. The molecule has 0 saturated carbocycles. The molecule has 33 heavy (non-hydrogen) atoms. The number of nitrogens with one attached hydrogen (secondary N) is 2. The average Bonchev–Trinajstić information content (AvgIpc) is 2.68. The lowest BCUT2D eigenvalue weighted by molar-refractivity contribution is -0.146. The molecule has 0 heterocycles. The largest absolute Gasteiger partial charge is 0.444 e. The Balaban J connectivity index is 3.30. The van der Waals surface area contributed by atoms with E-state index >= 15 is 0 Å². The fourth-order valence-corrected chi connectivity index (χ4v) is 3.46. The van der Waals surface area contributed by atoms with E-state index < -0.39 is 29.2 Å². The van der Waals surface area contributed by atoms with E-state index in [-0.39, 0.29) is 18.5 Å². The summed E-state index contributed by atoms with van der Waals surface area (Å²) in [6.07, 6.45) is 6.52. The third-order valence-corrected chi connectivity index (χ3v) is 4.78. The van der Waals surface area contributed by atoms with Gasteiger partial charge in [0.1, 0.15) is 18.2 Å². The van der Waals surface area contributed by atoms with Gasteiger partial charge in [-0.15, -0.1) is 6.42 Å². The van der Waals surface area contributed by atoms with E-state index in [4.69, 9.17) is 11.2 Å². The van der Waals surface area contributed by atoms with Crippen molar-refractivity contribution in [3.63, 3.8) is 0 Å². The Kier molecular flexibility index (Phi) is 9.97. The van der Waals surface area contributed by atoms with Crippen molar-refractivity contribution < 1.29 is 19.1 Å². The SMILES string of the molecule is C#Cc1ccc(C(C(=O)NC(C)CCC)N(C(=O)CNC(=O)OC(C)(C)C)C(C)(C)C)cc1. The number of alkyl carbamates (subject to hydrolysis) is 1. The van der Waals surface area contributed by atoms with E-state index in [1.54, 1.807) is 45.0 Å². The Morgan fingerprint density at radius 2 is 1.67 bits per heavy atom. The molecule has 2 atom stereocenters. The zero-order chi connectivity index (χ0) is 25.4. The van der Waals surface area contributed by atoms with Crippen LogP contribution in [0, 0.1) is 12.3 Å². The lowest BCUT2D eigenvalue weighted by atomic mass is 9.95. The summed E-state index contributed by atoms with van der Waals surface area (Å²) in [4.78, 5) is 40.4. The molecule has 0 aliphatic heterocycles. The molecule has 7 heteroatoms. The molecule has 182 valence electrons. The Morgan fingerprint density at radius 1 is 1.09 bits per heavy atom. The molecule has 2 unspecified atom stereocenters. The molecule has 7 nitrogen and oxygen atoms in total. The van der Waals surface area contributed by atoms with Gasteiger partial charge in [-0.3, -0.25) is 9.59 Å². The van der Waals surface area contributed by atoms with Gasteiger partial charge in [-0.1, -0.05) is 31.4 Å². The Hall–Kier alpha value is -3.01. The Bertz CT molecular complexity index is 857. The number of carbonyl (C=O) groups excluding carboxylic acids is 3. The zero-order valence-corrected chi connectivity index (χ0v) is 21.2. The third-order valence-electron chi connectivity index (χ3n) is 4.78. The van der Waals surface area contributed by atoms with Crippen LogP contribution in [0.4, 0.5) is 4.79 Å². The normalized spacial score (nSPS) is 13.3. The first-order valence-electron chi connectivity index (χ1n) is 11.4. The van der Waals surface area contributed by atoms with Gasteiger partial charge in [0.05, 0.1) is 0 Å². The van der Waals surface area contributed by atoms with Crippen LogP contribution in [-0.2, 0) is 14.3 Å². The quantitative estimate of drug-likeness (QED) is 0.574. The first kappa shape index (κ1) is 28.0. The van der Waals surface area contributed by atoms with Gasteiger partial charge in [0, 0.05) is 17.1 Å². The van der Waals surface area contributed by atoms with Crippen LogP contribution in [0.25, 0.3) is 0 Å². The molecule has 1 aromatic rings. The summed E-state index contributed by atoms with van der Waals surface area (Å²) in [5.74, 6) is 1.87. The Morgan fingerprint density at radius 3 is 2.12 bits per heavy atom. The van der Waals surface area contributed by atoms with Crippen molar-refractivity contribution in [1.29, 1.82) is 0 Å². The van der Waals surface area contributed by atoms with Crippen LogP contribution in [0.5, 0.6) is 0 Å². The molecule has 0 radical (unpaired) electrons. The van der Waals surface area contributed by atoms with Gasteiger partial charge < -0.3 is 20.3 Å². The number of hydrogen-bond acceptors (Lipinski definition) is 4. The number of benzene rings is 1. The molecule has 0 saturated heterocycles. The maximum Gasteiger partial charge on any atom is 0.408 e. The van der Waals surface area contributed by atoms with Crippen molar-refractivity contribution in [2.45, 2.75) is 91.5 Å². The standard InChI is InChI=1S/C26H39N3O4/c1-10-12-18(3)28-23(31)22(20-15-13-19(11-2)14-16-20)29(25(4,5)6)21(30)17-27-24(32)33-26(7,8)9/h2,13-16,18,22H,10,12,17H2,1,3-9H3,(H,27,32)(H,28,31). The predicted molar refractivity (Wildman–Crippen MR) is 130 cm³/mol. The van der Waals surface area contributed by atoms with Crippen molar-refractivity contribution in [2.24, 2.45) is 0 Å². The summed E-state index contributed by atoms with van der Waals surface area (Å²) in [6.45, 7) is 14.5. The van der Waals surface area contributed by atoms with Gasteiger partial charge >= 0.3 is 6.09 Å². The first-order valence-corrected chi connectivity index (χ1v) is 11.4. The van der Waals surface area contributed by atoms with Crippen LogP contribution in [-0.4, -0.2) is 46.5 Å². The van der Waals surface area contributed by atoms with E-state index in [1.807, 2.05) is 34.6 Å². The van der Waals surface area contributed by atoms with E-state index in [0.717, 1.165) is 12.8 Å². The lowest BCUT2D eigenvalue weighted by Crippen LogP contribution is -2.55. The highest BCUT2D eigenvalue weighted by Crippen LogP contribution is 2.29. The van der Waals surface area contributed by atoms with Crippen LogP contribution in [0.3, 0.4) is 0 Å². The first-order chi connectivity index (χ1) is 15.2. The molecule has 1 aromatic carbocycles. The second kappa shape index (κ2) is 11.7. The molecule has 0 bridgehead atoms. The van der Waals surface area contributed by atoms with Crippen LogP contribution in [0.1, 0.15) is 85.4 Å². The average molecular weight is 458 g/mol. The zero-order valence-electron chi connectivity index (χ0n) is 21.2. The maximum absolute atomic E-state index is 13.4. The number of nitrogens with zero attached hydrogens (tertiary/aromatic N) is 1. The number of hydrogen-bond donors (Lipinski definition) is 2. The number of rotatable bonds is 8. The van der Waals surface area contributed by atoms with Crippen LogP contribution in [0.15, 0.2) is 24.3 Å². The van der Waals surface area contributed by atoms with Crippen molar-refractivity contribution in [3.8, 4) is 12.3 Å². The fourth-order valence-electron chi connectivity index (χ4n) is 3.46. The smallest absolute Gasteiger partial charge is 0.408 e. The van der Waals surface area contributed by atoms with Gasteiger partial charge in [-0.25, -0.2) is 4.79 Å². The molecule has 0 aliphatic rings. The second-order valence-electron chi connectivity index (χ2n) is 10.2. The summed E-state index contributed by atoms with van der Waals surface area (Å²) in [5.41, 5.74) is -0.0887. The number of ether oxygens (including phenoxy) is 1. The molecule has 0 aliphatic carbocycles. The van der Waals surface area contributed by atoms with Gasteiger partial charge in [0.25, 0.3) is 0 Å². The van der Waals surface area contributed by atoms with Gasteiger partial charge in [0.2, 0.25) is 11.8 Å². The van der Waals surface area contributed by atoms with Crippen molar-refractivity contribution in [1.82, 2.24) is 15.5 Å². The highest BCUT2D eigenvalue weighted by Gasteiger charge is 2.38. The van der Waals surface area contributed by atoms with Gasteiger partial charge in [-0.2, -0.15) is 0 Å². The fraction of sp³-hybridized carbons (Fsp3) is 0.577. The Labute approximate surface area is 198 Å². The molecule has 1 rings (SSSR count). The third kappa shape index (κ3) is 9.17. The predicted octanol–water partition coefficient (Wildman–Crippen LogP) is 4.17. The van der Waals surface area contributed by atoms with Crippen molar-refractivity contribution in [3.05, 3.63) is 35.4 Å². The minimum atomic E-state index is -0.899. The molecule has 2 N–H and O–H groups in total. The topological polar surface area (TPSA) is 87.7 Å². The number of terminal acetylenes is 1. The van der Waals surface area contributed by atoms with Crippen molar-refractivity contribution >= 4 is 17.9 Å². The minimum absolute atomic E-state index is 0.0493. The van der Waals surface area contributed by atoms with Gasteiger partial charge in [-0.05, 0) is 72.6 Å². The molecule has 0 fully saturated rings. The van der Waals surface area contributed by atoms with E-state index in [2.05, 4.69) is 16.6 Å². The summed E-state index contributed by atoms with van der Waals surface area (Å²) in [7, 11) is 0. The summed E-state index contributed by atoms with van der Waals surface area (Å²) >= 11 is 0. The highest BCUT2D eigenvalue weighted by molar-refractivity contribution is 5.91. The molecular formula is C26H39N3O4. The lowest BCUT2D eigenvalue weighted by Gasteiger charge is -2.41.